The zero-order valence-corrected chi connectivity index (χ0v) is 16.1. The topological polar surface area (TPSA) is 135 Å². The third-order valence-corrected chi connectivity index (χ3v) is 3.10. The summed E-state index contributed by atoms with van der Waals surface area (Å²) in [6, 6.07) is 10.5. The van der Waals surface area contributed by atoms with Gasteiger partial charge in [-0.3, -0.25) is 19.3 Å². The van der Waals surface area contributed by atoms with Crippen molar-refractivity contribution in [2.45, 2.75) is 0 Å². The minimum absolute atomic E-state index is 0.325. The van der Waals surface area contributed by atoms with Gasteiger partial charge in [-0.1, -0.05) is 0 Å². The van der Waals surface area contributed by atoms with Gasteiger partial charge in [-0.25, -0.2) is 15.0 Å². The Morgan fingerprint density at radius 2 is 1.45 bits per heavy atom. The summed E-state index contributed by atoms with van der Waals surface area (Å²) in [7, 11) is -3.67. The lowest BCUT2D eigenvalue weighted by molar-refractivity contribution is 0.100. The van der Waals surface area contributed by atoms with Crippen LogP contribution in [-0.4, -0.2) is 52.5 Å². The summed E-state index contributed by atoms with van der Waals surface area (Å²) in [4.78, 5) is 32.6. The average molecular weight is 411 g/mol. The fourth-order valence-corrected chi connectivity index (χ4v) is 1.90. The Morgan fingerprint density at radius 3 is 2.00 bits per heavy atom. The number of rotatable bonds is 4. The second-order valence-electron chi connectivity index (χ2n) is 5.49. The largest absolute Gasteiger partial charge is 0.286 e. The molecule has 9 nitrogen and oxygen atoms in total. The minimum Gasteiger partial charge on any atom is -0.286 e. The molecule has 0 spiro atoms. The van der Waals surface area contributed by atoms with Crippen molar-refractivity contribution in [1.29, 1.82) is 0 Å². The van der Waals surface area contributed by atoms with Crippen LogP contribution < -0.4 is 0 Å². The zero-order chi connectivity index (χ0) is 21.1. The molecule has 3 aromatic heterocycles. The summed E-state index contributed by atoms with van der Waals surface area (Å²) in [5.41, 5.74) is 2.01. The van der Waals surface area contributed by atoms with Gasteiger partial charge in [0.15, 0.2) is 5.82 Å². The predicted molar refractivity (Wildman–Crippen MR) is 109 cm³/mol. The zero-order valence-electron chi connectivity index (χ0n) is 15.3. The smallest absolute Gasteiger partial charge is 0.280 e. The van der Waals surface area contributed by atoms with Crippen LogP contribution in [0.4, 0.5) is 5.82 Å². The lowest BCUT2D eigenvalue weighted by atomic mass is 10.2. The van der Waals surface area contributed by atoms with Gasteiger partial charge >= 0.3 is 0 Å². The van der Waals surface area contributed by atoms with E-state index in [1.807, 2.05) is 12.1 Å². The first kappa shape index (κ1) is 21.7. The molecule has 0 bridgehead atoms. The molecule has 1 N–H and O–H groups in total. The quantitative estimate of drug-likeness (QED) is 0.514. The van der Waals surface area contributed by atoms with Crippen molar-refractivity contribution in [3.63, 3.8) is 0 Å². The Labute approximate surface area is 167 Å². The molecule has 0 unspecified atom stereocenters. The molecule has 0 aromatic carbocycles. The maximum absolute atomic E-state index is 12.3. The molecule has 29 heavy (non-hydrogen) atoms. The summed E-state index contributed by atoms with van der Waals surface area (Å²) < 4.78 is 25.9. The molecule has 148 valence electrons. The number of hydrogen-bond acceptors (Lipinski definition) is 7. The number of aromatic nitrogens is 3. The Bertz CT molecular complexity index is 1090. The molecular weight excluding hydrogens is 394 g/mol. The monoisotopic (exact) mass is 411 g/mol. The molecule has 3 heterocycles. The van der Waals surface area contributed by atoms with Gasteiger partial charge in [0.1, 0.15) is 0 Å². The molecule has 3 aromatic rings. The summed E-state index contributed by atoms with van der Waals surface area (Å²) in [6.07, 6.45) is 12.0. The summed E-state index contributed by atoms with van der Waals surface area (Å²) >= 11 is 0. The van der Waals surface area contributed by atoms with Crippen molar-refractivity contribution in [2.75, 3.05) is 6.26 Å². The second-order valence-corrected chi connectivity index (χ2v) is 6.96. The molecule has 0 aliphatic heterocycles. The molecule has 0 aliphatic rings. The standard InChI is InChI=1S/C18H13N5O.CH4O3S/c24-18(23-13-15-5-10-20-11-6-15)16-2-1-7-21-17(16)22-12-14-3-8-19-9-4-14;1-5(2,3)4/h1-13H;1H3,(H,2,3,4). The van der Waals surface area contributed by atoms with Crippen LogP contribution in [-0.2, 0) is 10.1 Å². The van der Waals surface area contributed by atoms with Crippen LogP contribution in [0.15, 0.2) is 77.4 Å². The van der Waals surface area contributed by atoms with E-state index < -0.39 is 16.0 Å². The fourth-order valence-electron chi connectivity index (χ4n) is 1.90. The van der Waals surface area contributed by atoms with Crippen molar-refractivity contribution < 1.29 is 17.8 Å². The van der Waals surface area contributed by atoms with E-state index in [0.29, 0.717) is 17.6 Å². The minimum atomic E-state index is -3.67. The molecule has 0 fully saturated rings. The van der Waals surface area contributed by atoms with Gasteiger partial charge in [0.25, 0.3) is 16.0 Å². The Kier molecular flexibility index (Phi) is 7.95. The number of nitrogens with zero attached hydrogens (tertiary/aromatic N) is 5. The molecule has 0 saturated carbocycles. The Morgan fingerprint density at radius 1 is 0.931 bits per heavy atom. The summed E-state index contributed by atoms with van der Waals surface area (Å²) in [6.45, 7) is 0. The lowest BCUT2D eigenvalue weighted by Crippen LogP contribution is -1.98. The number of carbonyl (C=O) groups is 1. The maximum atomic E-state index is 12.3. The number of hydrogen-bond donors (Lipinski definition) is 1. The molecule has 0 radical (unpaired) electrons. The van der Waals surface area contributed by atoms with Gasteiger partial charge in [0, 0.05) is 43.4 Å². The second kappa shape index (κ2) is 10.6. The van der Waals surface area contributed by atoms with Crippen molar-refractivity contribution >= 4 is 34.3 Å². The summed E-state index contributed by atoms with van der Waals surface area (Å²) in [5, 5.41) is 0. The third kappa shape index (κ3) is 8.73. The number of aliphatic imine (C=N–C) groups is 2. The first-order valence-electron chi connectivity index (χ1n) is 8.13. The van der Waals surface area contributed by atoms with Crippen LogP contribution in [0, 0.1) is 0 Å². The van der Waals surface area contributed by atoms with E-state index >= 15 is 0 Å². The lowest BCUT2D eigenvalue weighted by Gasteiger charge is -2.00. The predicted octanol–water partition coefficient (Wildman–Crippen LogP) is 2.39. The third-order valence-electron chi connectivity index (χ3n) is 3.10. The average Bonchev–Trinajstić information content (AvgIpc) is 2.71. The summed E-state index contributed by atoms with van der Waals surface area (Å²) in [5.74, 6) is -0.0759. The first-order valence-corrected chi connectivity index (χ1v) is 9.98. The Hall–Kier alpha value is -3.63. The molecule has 0 saturated heterocycles. The van der Waals surface area contributed by atoms with Crippen LogP contribution >= 0.6 is 0 Å². The highest BCUT2D eigenvalue weighted by Crippen LogP contribution is 2.16. The van der Waals surface area contributed by atoms with Gasteiger partial charge in [-0.2, -0.15) is 8.42 Å². The Balaban J connectivity index is 0.000000537. The van der Waals surface area contributed by atoms with Crippen LogP contribution in [0.3, 0.4) is 0 Å². The van der Waals surface area contributed by atoms with E-state index in [9.17, 15) is 13.2 Å². The number of pyridine rings is 3. The molecule has 0 atom stereocenters. The van der Waals surface area contributed by atoms with E-state index in [1.54, 1.807) is 61.5 Å². The van der Waals surface area contributed by atoms with Gasteiger partial charge in [-0.05, 0) is 47.5 Å². The van der Waals surface area contributed by atoms with Gasteiger partial charge in [-0.15, -0.1) is 0 Å². The van der Waals surface area contributed by atoms with Crippen LogP contribution in [0.5, 0.6) is 0 Å². The van der Waals surface area contributed by atoms with Crippen molar-refractivity contribution in [1.82, 2.24) is 15.0 Å². The number of carbonyl (C=O) groups excluding carboxylic acids is 1. The van der Waals surface area contributed by atoms with Gasteiger partial charge in [0.05, 0.1) is 11.8 Å². The van der Waals surface area contributed by atoms with Crippen molar-refractivity contribution in [2.24, 2.45) is 9.98 Å². The van der Waals surface area contributed by atoms with Crippen LogP contribution in [0.2, 0.25) is 0 Å². The van der Waals surface area contributed by atoms with E-state index in [1.165, 1.54) is 6.21 Å². The maximum Gasteiger partial charge on any atom is 0.280 e. The molecule has 0 aliphatic carbocycles. The SMILES string of the molecule is CS(=O)(=O)O.O=C(N=Cc1ccncc1)c1cccnc1N=Cc1ccncc1. The molecule has 1 amide bonds. The fraction of sp³-hybridized carbons (Fsp3) is 0.0526. The van der Waals surface area contributed by atoms with Gasteiger partial charge in [0.2, 0.25) is 0 Å². The van der Waals surface area contributed by atoms with Gasteiger partial charge < -0.3 is 0 Å². The van der Waals surface area contributed by atoms with Crippen LogP contribution in [0.1, 0.15) is 21.5 Å². The van der Waals surface area contributed by atoms with E-state index in [4.69, 9.17) is 4.55 Å². The molecule has 10 heteroatoms. The highest BCUT2D eigenvalue weighted by molar-refractivity contribution is 7.85. The van der Waals surface area contributed by atoms with E-state index in [2.05, 4.69) is 24.9 Å². The van der Waals surface area contributed by atoms with Crippen molar-refractivity contribution in [3.8, 4) is 0 Å². The highest BCUT2D eigenvalue weighted by atomic mass is 32.2. The van der Waals surface area contributed by atoms with E-state index in [0.717, 1.165) is 11.1 Å². The van der Waals surface area contributed by atoms with Crippen LogP contribution in [0.25, 0.3) is 0 Å². The highest BCUT2D eigenvalue weighted by Gasteiger charge is 2.09. The number of amides is 1. The van der Waals surface area contributed by atoms with E-state index in [-0.39, 0.29) is 0 Å². The first-order chi connectivity index (χ1) is 13.8. The molecule has 3 rings (SSSR count). The molecular formula is C19H17N5O4S. The van der Waals surface area contributed by atoms with Crippen molar-refractivity contribution in [3.05, 3.63) is 84.1 Å². The normalized spacial score (nSPS) is 11.2.